The maximum absolute atomic E-state index is 11.2. The van der Waals surface area contributed by atoms with Crippen molar-refractivity contribution in [3.63, 3.8) is 0 Å². The van der Waals surface area contributed by atoms with E-state index in [1.165, 1.54) is 7.11 Å². The van der Waals surface area contributed by atoms with Gasteiger partial charge >= 0.3 is 5.97 Å². The molecule has 0 aliphatic heterocycles. The first-order chi connectivity index (χ1) is 9.35. The van der Waals surface area contributed by atoms with E-state index in [9.17, 15) is 18.0 Å². The molecular formula is C13H16O6S. The Balaban J connectivity index is 2.60. The lowest BCUT2D eigenvalue weighted by Gasteiger charge is -2.09. The molecule has 0 heterocycles. The number of aldehydes is 1. The van der Waals surface area contributed by atoms with Gasteiger partial charge in [0.2, 0.25) is 0 Å². The number of aryl methyl sites for hydroxylation is 1. The number of methoxy groups -OCH3 is 1. The predicted octanol–water partition coefficient (Wildman–Crippen LogP) is 0.950. The summed E-state index contributed by atoms with van der Waals surface area (Å²) in [5.41, 5.74) is 1.29. The number of rotatable bonds is 7. The van der Waals surface area contributed by atoms with E-state index in [0.29, 0.717) is 18.3 Å². The number of benzene rings is 1. The van der Waals surface area contributed by atoms with Crippen LogP contribution in [0.1, 0.15) is 22.3 Å². The number of carbonyl (C=O) groups excluding carboxylic acids is 2. The molecule has 0 unspecified atom stereocenters. The molecule has 0 N–H and O–H groups in total. The monoisotopic (exact) mass is 300 g/mol. The third kappa shape index (κ3) is 5.50. The Morgan fingerprint density at radius 1 is 1.30 bits per heavy atom. The van der Waals surface area contributed by atoms with E-state index in [0.717, 1.165) is 11.8 Å². The van der Waals surface area contributed by atoms with E-state index in [1.54, 1.807) is 24.3 Å². The Morgan fingerprint density at radius 3 is 2.35 bits per heavy atom. The Hall–Kier alpha value is -1.73. The third-order valence-electron chi connectivity index (χ3n) is 2.54. The van der Waals surface area contributed by atoms with Crippen LogP contribution >= 0.6 is 0 Å². The zero-order valence-corrected chi connectivity index (χ0v) is 12.1. The van der Waals surface area contributed by atoms with Crippen LogP contribution in [0.5, 0.6) is 0 Å². The zero-order valence-electron chi connectivity index (χ0n) is 11.2. The van der Waals surface area contributed by atoms with Gasteiger partial charge in [0.1, 0.15) is 12.4 Å². The molecule has 1 aromatic carbocycles. The smallest absolute Gasteiger partial charge is 0.337 e. The van der Waals surface area contributed by atoms with Gasteiger partial charge < -0.3 is 9.53 Å². The van der Waals surface area contributed by atoms with Crippen molar-refractivity contribution in [1.29, 1.82) is 0 Å². The van der Waals surface area contributed by atoms with Crippen molar-refractivity contribution < 1.29 is 26.9 Å². The largest absolute Gasteiger partial charge is 0.465 e. The number of esters is 1. The molecule has 1 rings (SSSR count). The lowest BCUT2D eigenvalue weighted by atomic mass is 10.1. The van der Waals surface area contributed by atoms with Crippen LogP contribution in [0.15, 0.2) is 24.3 Å². The lowest BCUT2D eigenvalue weighted by Crippen LogP contribution is -2.19. The van der Waals surface area contributed by atoms with Crippen molar-refractivity contribution in [2.75, 3.05) is 13.4 Å². The van der Waals surface area contributed by atoms with Crippen molar-refractivity contribution in [3.05, 3.63) is 35.4 Å². The van der Waals surface area contributed by atoms with Crippen LogP contribution < -0.4 is 0 Å². The highest BCUT2D eigenvalue weighted by molar-refractivity contribution is 7.86. The molecule has 0 amide bonds. The number of ether oxygens (including phenoxy) is 1. The van der Waals surface area contributed by atoms with Gasteiger partial charge in [-0.3, -0.25) is 4.18 Å². The highest BCUT2D eigenvalue weighted by Crippen LogP contribution is 2.10. The van der Waals surface area contributed by atoms with Gasteiger partial charge in [-0.15, -0.1) is 0 Å². The Labute approximate surface area is 117 Å². The summed E-state index contributed by atoms with van der Waals surface area (Å²) in [4.78, 5) is 22.0. The van der Waals surface area contributed by atoms with Crippen LogP contribution in [0.4, 0.5) is 0 Å². The van der Waals surface area contributed by atoms with Crippen LogP contribution in [0.3, 0.4) is 0 Å². The molecule has 6 nitrogen and oxygen atoms in total. The second-order valence-electron chi connectivity index (χ2n) is 4.20. The molecule has 20 heavy (non-hydrogen) atoms. The standard InChI is InChI=1S/C13H16O6S/c1-18-13(15)11-6-3-10(4-7-11)5-8-12(9-14)19-20(2,16)17/h3-4,6-7,9,12H,5,8H2,1-2H3/t12-/m0/s1. The van der Waals surface area contributed by atoms with E-state index in [-0.39, 0.29) is 6.42 Å². The predicted molar refractivity (Wildman–Crippen MR) is 71.9 cm³/mol. The molecule has 0 bridgehead atoms. The summed E-state index contributed by atoms with van der Waals surface area (Å²) in [5.74, 6) is -0.428. The molecule has 0 fully saturated rings. The van der Waals surface area contributed by atoms with Crippen molar-refractivity contribution in [1.82, 2.24) is 0 Å². The molecule has 0 spiro atoms. The summed E-state index contributed by atoms with van der Waals surface area (Å²) >= 11 is 0. The van der Waals surface area contributed by atoms with Crippen molar-refractivity contribution >= 4 is 22.4 Å². The highest BCUT2D eigenvalue weighted by Gasteiger charge is 2.14. The number of hydrogen-bond donors (Lipinski definition) is 0. The molecule has 0 saturated carbocycles. The first-order valence-corrected chi connectivity index (χ1v) is 7.68. The first-order valence-electron chi connectivity index (χ1n) is 5.86. The van der Waals surface area contributed by atoms with E-state index in [4.69, 9.17) is 0 Å². The van der Waals surface area contributed by atoms with Crippen molar-refractivity contribution in [3.8, 4) is 0 Å². The van der Waals surface area contributed by atoms with Gasteiger partial charge in [0.15, 0.2) is 0 Å². The molecular weight excluding hydrogens is 284 g/mol. The topological polar surface area (TPSA) is 86.7 Å². The van der Waals surface area contributed by atoms with Gasteiger partial charge in [-0.25, -0.2) is 4.79 Å². The Bertz CT molecular complexity index is 561. The molecule has 110 valence electrons. The molecule has 0 saturated heterocycles. The summed E-state index contributed by atoms with van der Waals surface area (Å²) in [6.07, 6.45) is 1.07. The van der Waals surface area contributed by atoms with Crippen LogP contribution in [-0.4, -0.2) is 40.1 Å². The third-order valence-corrected chi connectivity index (χ3v) is 3.14. The lowest BCUT2D eigenvalue weighted by molar-refractivity contribution is -0.113. The second kappa shape index (κ2) is 7.16. The molecule has 1 atom stereocenters. The van der Waals surface area contributed by atoms with Gasteiger partial charge in [0.05, 0.1) is 18.9 Å². The fourth-order valence-corrected chi connectivity index (χ4v) is 2.19. The van der Waals surface area contributed by atoms with Crippen LogP contribution in [0.25, 0.3) is 0 Å². The van der Waals surface area contributed by atoms with E-state index in [1.807, 2.05) is 0 Å². The SMILES string of the molecule is COC(=O)c1ccc(CC[C@@H](C=O)OS(C)(=O)=O)cc1. The fourth-order valence-electron chi connectivity index (χ4n) is 1.60. The minimum Gasteiger partial charge on any atom is -0.465 e. The Kier molecular flexibility index (Phi) is 5.84. The van der Waals surface area contributed by atoms with E-state index >= 15 is 0 Å². The summed E-state index contributed by atoms with van der Waals surface area (Å²) in [5, 5.41) is 0. The molecule has 0 radical (unpaired) electrons. The molecule has 0 aromatic heterocycles. The molecule has 1 aromatic rings. The fraction of sp³-hybridized carbons (Fsp3) is 0.385. The number of carbonyl (C=O) groups is 2. The summed E-state index contributed by atoms with van der Waals surface area (Å²) in [6, 6.07) is 6.64. The van der Waals surface area contributed by atoms with Crippen molar-refractivity contribution in [2.24, 2.45) is 0 Å². The van der Waals surface area contributed by atoms with Crippen LogP contribution in [0.2, 0.25) is 0 Å². The maximum atomic E-state index is 11.2. The van der Waals surface area contributed by atoms with Crippen molar-refractivity contribution in [2.45, 2.75) is 18.9 Å². The van der Waals surface area contributed by atoms with Gasteiger partial charge in [0.25, 0.3) is 10.1 Å². The van der Waals surface area contributed by atoms with Gasteiger partial charge in [0, 0.05) is 0 Å². The van der Waals surface area contributed by atoms with Crippen LogP contribution in [0, 0.1) is 0 Å². The average molecular weight is 300 g/mol. The average Bonchev–Trinajstić information content (AvgIpc) is 2.42. The van der Waals surface area contributed by atoms with Gasteiger partial charge in [-0.2, -0.15) is 8.42 Å². The van der Waals surface area contributed by atoms with Gasteiger partial charge in [-0.1, -0.05) is 12.1 Å². The normalized spacial score (nSPS) is 12.7. The number of hydrogen-bond acceptors (Lipinski definition) is 6. The quantitative estimate of drug-likeness (QED) is 0.423. The zero-order chi connectivity index (χ0) is 15.2. The first kappa shape index (κ1) is 16.3. The maximum Gasteiger partial charge on any atom is 0.337 e. The summed E-state index contributed by atoms with van der Waals surface area (Å²) in [7, 11) is -2.35. The van der Waals surface area contributed by atoms with Gasteiger partial charge in [-0.05, 0) is 30.5 Å². The molecule has 0 aliphatic carbocycles. The highest BCUT2D eigenvalue weighted by atomic mass is 32.2. The summed E-state index contributed by atoms with van der Waals surface area (Å²) < 4.78 is 31.1. The summed E-state index contributed by atoms with van der Waals surface area (Å²) in [6.45, 7) is 0. The Morgan fingerprint density at radius 2 is 1.90 bits per heavy atom. The second-order valence-corrected chi connectivity index (χ2v) is 5.80. The molecule has 0 aliphatic rings. The van der Waals surface area contributed by atoms with E-state index < -0.39 is 22.2 Å². The van der Waals surface area contributed by atoms with Crippen LogP contribution in [-0.2, 0) is 30.3 Å². The molecule has 7 heteroatoms. The minimum absolute atomic E-state index is 0.244. The minimum atomic E-state index is -3.65. The van der Waals surface area contributed by atoms with E-state index in [2.05, 4.69) is 8.92 Å².